The largest absolute Gasteiger partial charge is 0.395 e. The summed E-state index contributed by atoms with van der Waals surface area (Å²) in [6, 6.07) is 17.4. The second-order valence-electron chi connectivity index (χ2n) is 6.35. The SMILES string of the molecule is CC(C)N(C(=O)Cn1c(NCCO)nc2ccccc21)c1ccccc1. The maximum atomic E-state index is 13.1. The fourth-order valence-electron chi connectivity index (χ4n) is 3.07. The van der Waals surface area contributed by atoms with Crippen LogP contribution in [-0.4, -0.2) is 39.8 Å². The van der Waals surface area contributed by atoms with Crippen molar-refractivity contribution in [3.05, 3.63) is 54.6 Å². The monoisotopic (exact) mass is 352 g/mol. The quantitative estimate of drug-likeness (QED) is 0.686. The third kappa shape index (κ3) is 3.70. The maximum absolute atomic E-state index is 13.1. The van der Waals surface area contributed by atoms with Crippen molar-refractivity contribution in [1.29, 1.82) is 0 Å². The Morgan fingerprint density at radius 2 is 1.85 bits per heavy atom. The molecule has 6 heteroatoms. The lowest BCUT2D eigenvalue weighted by atomic mass is 10.2. The second-order valence-corrected chi connectivity index (χ2v) is 6.35. The predicted octanol–water partition coefficient (Wildman–Crippen LogP) is 2.88. The van der Waals surface area contributed by atoms with Gasteiger partial charge in [-0.25, -0.2) is 4.98 Å². The number of nitrogens with one attached hydrogen (secondary N) is 1. The van der Waals surface area contributed by atoms with Crippen LogP contribution in [0.3, 0.4) is 0 Å². The number of rotatable bonds is 7. The van der Waals surface area contributed by atoms with E-state index in [0.29, 0.717) is 12.5 Å². The molecule has 136 valence electrons. The molecule has 0 radical (unpaired) electrons. The Balaban J connectivity index is 1.94. The minimum absolute atomic E-state index is 0.000708. The van der Waals surface area contributed by atoms with Crippen molar-refractivity contribution in [2.24, 2.45) is 0 Å². The first-order valence-electron chi connectivity index (χ1n) is 8.79. The molecule has 0 atom stereocenters. The lowest BCUT2D eigenvalue weighted by Gasteiger charge is -2.27. The van der Waals surface area contributed by atoms with Crippen LogP contribution in [0.15, 0.2) is 54.6 Å². The van der Waals surface area contributed by atoms with Gasteiger partial charge in [0.05, 0.1) is 17.6 Å². The molecule has 0 fully saturated rings. The summed E-state index contributed by atoms with van der Waals surface area (Å²) in [5, 5.41) is 12.2. The summed E-state index contributed by atoms with van der Waals surface area (Å²) in [5.74, 6) is 0.576. The molecule has 3 aromatic rings. The van der Waals surface area contributed by atoms with Crippen LogP contribution < -0.4 is 10.2 Å². The summed E-state index contributed by atoms with van der Waals surface area (Å²) in [6.07, 6.45) is 0. The number of para-hydroxylation sites is 3. The van der Waals surface area contributed by atoms with Gasteiger partial charge in [-0.15, -0.1) is 0 Å². The number of hydrogen-bond acceptors (Lipinski definition) is 4. The van der Waals surface area contributed by atoms with E-state index in [-0.39, 0.29) is 25.1 Å². The first kappa shape index (κ1) is 17.9. The van der Waals surface area contributed by atoms with Crippen LogP contribution in [0.2, 0.25) is 0 Å². The maximum Gasteiger partial charge on any atom is 0.247 e. The highest BCUT2D eigenvalue weighted by Gasteiger charge is 2.21. The zero-order valence-electron chi connectivity index (χ0n) is 15.1. The molecular weight excluding hydrogens is 328 g/mol. The number of nitrogens with zero attached hydrogens (tertiary/aromatic N) is 3. The molecule has 0 saturated heterocycles. The molecular formula is C20H24N4O2. The van der Waals surface area contributed by atoms with Gasteiger partial charge in [0.2, 0.25) is 11.9 Å². The van der Waals surface area contributed by atoms with E-state index in [1.54, 1.807) is 4.90 Å². The summed E-state index contributed by atoms with van der Waals surface area (Å²) >= 11 is 0. The van der Waals surface area contributed by atoms with Crippen molar-refractivity contribution in [2.75, 3.05) is 23.4 Å². The molecule has 0 bridgehead atoms. The molecule has 26 heavy (non-hydrogen) atoms. The Labute approximate surface area is 153 Å². The van der Waals surface area contributed by atoms with E-state index < -0.39 is 0 Å². The number of aliphatic hydroxyl groups excluding tert-OH is 1. The molecule has 0 aliphatic rings. The van der Waals surface area contributed by atoms with Gasteiger partial charge >= 0.3 is 0 Å². The van der Waals surface area contributed by atoms with Crippen LogP contribution in [0.1, 0.15) is 13.8 Å². The molecule has 1 heterocycles. The number of carbonyl (C=O) groups excluding carboxylic acids is 1. The number of fused-ring (bicyclic) bond motifs is 1. The minimum Gasteiger partial charge on any atom is -0.395 e. The number of imidazole rings is 1. The highest BCUT2D eigenvalue weighted by atomic mass is 16.3. The van der Waals surface area contributed by atoms with Crippen LogP contribution in [0.5, 0.6) is 0 Å². The van der Waals surface area contributed by atoms with Gasteiger partial charge in [0.1, 0.15) is 6.54 Å². The molecule has 3 rings (SSSR count). The normalized spacial score (nSPS) is 11.1. The van der Waals surface area contributed by atoms with E-state index in [0.717, 1.165) is 16.7 Å². The molecule has 1 amide bonds. The smallest absolute Gasteiger partial charge is 0.247 e. The average molecular weight is 352 g/mol. The van der Waals surface area contributed by atoms with Crippen molar-refractivity contribution in [2.45, 2.75) is 26.4 Å². The molecule has 0 unspecified atom stereocenters. The van der Waals surface area contributed by atoms with E-state index in [4.69, 9.17) is 5.11 Å². The summed E-state index contributed by atoms with van der Waals surface area (Å²) < 4.78 is 1.87. The molecule has 6 nitrogen and oxygen atoms in total. The zero-order chi connectivity index (χ0) is 18.5. The van der Waals surface area contributed by atoms with Crippen molar-refractivity contribution >= 4 is 28.6 Å². The van der Waals surface area contributed by atoms with Crippen LogP contribution in [0.4, 0.5) is 11.6 Å². The van der Waals surface area contributed by atoms with E-state index in [2.05, 4.69) is 10.3 Å². The third-order valence-corrected chi connectivity index (χ3v) is 4.16. The highest BCUT2D eigenvalue weighted by Crippen LogP contribution is 2.22. The Morgan fingerprint density at radius 1 is 1.15 bits per heavy atom. The van der Waals surface area contributed by atoms with E-state index in [1.165, 1.54) is 0 Å². The van der Waals surface area contributed by atoms with Gasteiger partial charge in [0.15, 0.2) is 0 Å². The van der Waals surface area contributed by atoms with Crippen LogP contribution in [0.25, 0.3) is 11.0 Å². The second kappa shape index (κ2) is 8.01. The number of aromatic nitrogens is 2. The number of aliphatic hydroxyl groups is 1. The van der Waals surface area contributed by atoms with Crippen LogP contribution in [-0.2, 0) is 11.3 Å². The van der Waals surface area contributed by atoms with E-state index in [1.807, 2.05) is 73.0 Å². The van der Waals surface area contributed by atoms with Crippen LogP contribution in [0, 0.1) is 0 Å². The molecule has 1 aromatic heterocycles. The standard InChI is InChI=1S/C20H24N4O2/c1-15(2)24(16-8-4-3-5-9-16)19(26)14-23-18-11-7-6-10-17(18)22-20(23)21-12-13-25/h3-11,15,25H,12-14H2,1-2H3,(H,21,22). The molecule has 0 aliphatic heterocycles. The van der Waals surface area contributed by atoms with Crippen molar-refractivity contribution in [3.8, 4) is 0 Å². The van der Waals surface area contributed by atoms with E-state index >= 15 is 0 Å². The van der Waals surface area contributed by atoms with Gasteiger partial charge in [-0.2, -0.15) is 0 Å². The molecule has 2 aromatic carbocycles. The third-order valence-electron chi connectivity index (χ3n) is 4.16. The molecule has 0 aliphatic carbocycles. The molecule has 0 saturated carbocycles. The first-order valence-corrected chi connectivity index (χ1v) is 8.79. The minimum atomic E-state index is -0.0126. The number of benzene rings is 2. The first-order chi connectivity index (χ1) is 12.6. The highest BCUT2D eigenvalue weighted by molar-refractivity contribution is 5.95. The predicted molar refractivity (Wildman–Crippen MR) is 104 cm³/mol. The van der Waals surface area contributed by atoms with Gasteiger partial charge in [0, 0.05) is 18.3 Å². The van der Waals surface area contributed by atoms with Gasteiger partial charge in [0.25, 0.3) is 0 Å². The van der Waals surface area contributed by atoms with E-state index in [9.17, 15) is 4.79 Å². The lowest BCUT2D eigenvalue weighted by Crippen LogP contribution is -2.39. The van der Waals surface area contributed by atoms with Crippen molar-refractivity contribution in [3.63, 3.8) is 0 Å². The Kier molecular flexibility index (Phi) is 5.53. The Hall–Kier alpha value is -2.86. The number of anilines is 2. The zero-order valence-corrected chi connectivity index (χ0v) is 15.1. The van der Waals surface area contributed by atoms with Gasteiger partial charge < -0.3 is 19.9 Å². The summed E-state index contributed by atoms with van der Waals surface area (Å²) in [5.41, 5.74) is 2.58. The molecule has 2 N–H and O–H groups in total. The number of hydrogen-bond donors (Lipinski definition) is 2. The molecule has 0 spiro atoms. The Morgan fingerprint density at radius 3 is 2.54 bits per heavy atom. The summed E-state index contributed by atoms with van der Waals surface area (Å²) in [7, 11) is 0. The van der Waals surface area contributed by atoms with Crippen molar-refractivity contribution in [1.82, 2.24) is 9.55 Å². The topological polar surface area (TPSA) is 70.4 Å². The Bertz CT molecular complexity index is 874. The van der Waals surface area contributed by atoms with Gasteiger partial charge in [-0.1, -0.05) is 30.3 Å². The van der Waals surface area contributed by atoms with Crippen molar-refractivity contribution < 1.29 is 9.90 Å². The lowest BCUT2D eigenvalue weighted by molar-refractivity contribution is -0.119. The fraction of sp³-hybridized carbons (Fsp3) is 0.300. The number of carbonyl (C=O) groups is 1. The summed E-state index contributed by atoms with van der Waals surface area (Å²) in [6.45, 7) is 4.55. The fourth-order valence-corrected chi connectivity index (χ4v) is 3.07. The van der Waals surface area contributed by atoms with Crippen LogP contribution >= 0.6 is 0 Å². The summed E-state index contributed by atoms with van der Waals surface area (Å²) in [4.78, 5) is 19.5. The van der Waals surface area contributed by atoms with Gasteiger partial charge in [-0.3, -0.25) is 4.79 Å². The number of amides is 1. The van der Waals surface area contributed by atoms with Gasteiger partial charge in [-0.05, 0) is 38.1 Å². The average Bonchev–Trinajstić information content (AvgIpc) is 2.98.